The summed E-state index contributed by atoms with van der Waals surface area (Å²) >= 11 is 0. The van der Waals surface area contributed by atoms with E-state index in [4.69, 9.17) is 5.11 Å². The van der Waals surface area contributed by atoms with E-state index in [0.29, 0.717) is 0 Å². The third-order valence-corrected chi connectivity index (χ3v) is 2.99. The molecule has 0 aliphatic heterocycles. The van der Waals surface area contributed by atoms with Crippen molar-refractivity contribution in [3.05, 3.63) is 0 Å². The van der Waals surface area contributed by atoms with Gasteiger partial charge in [-0.25, -0.2) is 8.42 Å². The summed E-state index contributed by atoms with van der Waals surface area (Å²) in [6.45, 7) is 4.60. The van der Waals surface area contributed by atoms with Gasteiger partial charge in [-0.15, -0.1) is 0 Å². The van der Waals surface area contributed by atoms with E-state index in [1.165, 1.54) is 6.92 Å². The van der Waals surface area contributed by atoms with Crippen LogP contribution >= 0.6 is 0 Å². The van der Waals surface area contributed by atoms with Crippen LogP contribution in [0.5, 0.6) is 0 Å². The Kier molecular flexibility index (Phi) is 4.31. The smallest absolute Gasteiger partial charge is 0.213 e. The van der Waals surface area contributed by atoms with Crippen LogP contribution in [-0.2, 0) is 10.0 Å². The molecule has 0 radical (unpaired) electrons. The Labute approximate surface area is 79.0 Å². The zero-order chi connectivity index (χ0) is 10.8. The predicted molar refractivity (Wildman–Crippen MR) is 49.5 cm³/mol. The Morgan fingerprint density at radius 1 is 1.15 bits per heavy atom. The topological polar surface area (TPSA) is 77.8 Å². The van der Waals surface area contributed by atoms with Crippen molar-refractivity contribution in [1.82, 2.24) is 4.31 Å². The third kappa shape index (κ3) is 3.60. The molecule has 0 heterocycles. The Hall–Kier alpha value is -0.170. The van der Waals surface area contributed by atoms with Crippen molar-refractivity contribution in [3.63, 3.8) is 0 Å². The lowest BCUT2D eigenvalue weighted by molar-refractivity contribution is -0.0467. The minimum atomic E-state index is -3.49. The largest absolute Gasteiger partial charge is 0.389 e. The summed E-state index contributed by atoms with van der Waals surface area (Å²) < 4.78 is 23.2. The van der Waals surface area contributed by atoms with Crippen LogP contribution in [0.1, 0.15) is 20.8 Å². The highest BCUT2D eigenvalue weighted by Gasteiger charge is 2.30. The summed E-state index contributed by atoms with van der Waals surface area (Å²) in [5, 5.41) is 18.4. The molecule has 13 heavy (non-hydrogen) atoms. The number of hydrogen-bond acceptors (Lipinski definition) is 4. The maximum Gasteiger partial charge on any atom is 0.213 e. The van der Waals surface area contributed by atoms with E-state index in [9.17, 15) is 13.5 Å². The lowest BCUT2D eigenvalue weighted by atomic mass is 10.3. The second kappa shape index (κ2) is 4.36. The van der Waals surface area contributed by atoms with Crippen LogP contribution in [0.3, 0.4) is 0 Å². The molecule has 0 saturated heterocycles. The van der Waals surface area contributed by atoms with Crippen molar-refractivity contribution >= 4 is 10.0 Å². The molecule has 0 aromatic carbocycles. The minimum Gasteiger partial charge on any atom is -0.389 e. The fourth-order valence-electron chi connectivity index (χ4n) is 1.10. The van der Waals surface area contributed by atoms with Gasteiger partial charge in [0.1, 0.15) is 6.23 Å². The molecule has 0 aromatic heterocycles. The Morgan fingerprint density at radius 2 is 1.54 bits per heavy atom. The molecule has 80 valence electrons. The van der Waals surface area contributed by atoms with Crippen molar-refractivity contribution in [2.45, 2.75) is 39.1 Å². The van der Waals surface area contributed by atoms with Gasteiger partial charge < -0.3 is 10.2 Å². The van der Waals surface area contributed by atoms with E-state index in [2.05, 4.69) is 0 Å². The fraction of sp³-hybridized carbons (Fsp3) is 1.00. The lowest BCUT2D eigenvalue weighted by Gasteiger charge is -2.30. The molecular formula is C7H17NO4S. The second-order valence-electron chi connectivity index (χ2n) is 3.34. The van der Waals surface area contributed by atoms with Gasteiger partial charge in [0.2, 0.25) is 10.0 Å². The van der Waals surface area contributed by atoms with Crippen LogP contribution in [0.2, 0.25) is 0 Å². The average molecular weight is 211 g/mol. The summed E-state index contributed by atoms with van der Waals surface area (Å²) in [5.74, 6) is 0. The molecule has 0 aliphatic carbocycles. The summed E-state index contributed by atoms with van der Waals surface area (Å²) in [4.78, 5) is 0. The summed E-state index contributed by atoms with van der Waals surface area (Å²) in [5.41, 5.74) is 0. The van der Waals surface area contributed by atoms with E-state index >= 15 is 0 Å². The van der Waals surface area contributed by atoms with Gasteiger partial charge in [0.25, 0.3) is 0 Å². The van der Waals surface area contributed by atoms with E-state index in [-0.39, 0.29) is 6.04 Å². The molecule has 2 unspecified atom stereocenters. The van der Waals surface area contributed by atoms with Crippen molar-refractivity contribution in [3.8, 4) is 0 Å². The maximum absolute atomic E-state index is 11.2. The second-order valence-corrected chi connectivity index (χ2v) is 5.23. The Balaban J connectivity index is 4.84. The first-order chi connectivity index (χ1) is 5.68. The number of hydrogen-bond donors (Lipinski definition) is 2. The fourth-order valence-corrected chi connectivity index (χ4v) is 2.43. The highest BCUT2D eigenvalue weighted by atomic mass is 32.2. The highest BCUT2D eigenvalue weighted by Crippen LogP contribution is 2.11. The molecule has 0 amide bonds. The van der Waals surface area contributed by atoms with Crippen LogP contribution in [0.4, 0.5) is 0 Å². The van der Waals surface area contributed by atoms with Gasteiger partial charge in [-0.3, -0.25) is 0 Å². The number of rotatable bonds is 4. The molecule has 2 atom stereocenters. The van der Waals surface area contributed by atoms with Gasteiger partial charge in [-0.1, -0.05) is 0 Å². The van der Waals surface area contributed by atoms with Gasteiger partial charge in [-0.05, 0) is 20.8 Å². The van der Waals surface area contributed by atoms with Crippen molar-refractivity contribution < 1.29 is 18.6 Å². The summed E-state index contributed by atoms with van der Waals surface area (Å²) in [7, 11) is -3.49. The van der Waals surface area contributed by atoms with Crippen molar-refractivity contribution in [2.24, 2.45) is 0 Å². The number of sulfonamides is 1. The molecule has 0 aromatic rings. The van der Waals surface area contributed by atoms with Crippen LogP contribution in [0.25, 0.3) is 0 Å². The van der Waals surface area contributed by atoms with Crippen LogP contribution in [0, 0.1) is 0 Å². The molecule has 0 saturated carbocycles. The van der Waals surface area contributed by atoms with Crippen LogP contribution in [-0.4, -0.2) is 47.6 Å². The number of aliphatic hydroxyl groups is 2. The van der Waals surface area contributed by atoms with Crippen LogP contribution < -0.4 is 0 Å². The van der Waals surface area contributed by atoms with Crippen molar-refractivity contribution in [1.29, 1.82) is 0 Å². The first-order valence-corrected chi connectivity index (χ1v) is 5.87. The number of nitrogens with zero attached hydrogens (tertiary/aromatic N) is 1. The predicted octanol–water partition coefficient (Wildman–Crippen LogP) is -0.644. The van der Waals surface area contributed by atoms with Crippen molar-refractivity contribution in [2.75, 3.05) is 6.26 Å². The van der Waals surface area contributed by atoms with Gasteiger partial charge in [0.15, 0.2) is 0 Å². The molecule has 0 aliphatic rings. The van der Waals surface area contributed by atoms with Crippen LogP contribution in [0.15, 0.2) is 0 Å². The first-order valence-electron chi connectivity index (χ1n) is 4.02. The van der Waals surface area contributed by atoms with Gasteiger partial charge >= 0.3 is 0 Å². The molecule has 5 nitrogen and oxygen atoms in total. The van der Waals surface area contributed by atoms with Gasteiger partial charge in [0, 0.05) is 6.04 Å². The van der Waals surface area contributed by atoms with Gasteiger partial charge in [0.05, 0.1) is 12.4 Å². The SMILES string of the molecule is CC(O)C(O)N(C(C)C)S(C)(=O)=O. The number of aliphatic hydroxyl groups excluding tert-OH is 2. The lowest BCUT2D eigenvalue weighted by Crippen LogP contribution is -2.49. The van der Waals surface area contributed by atoms with E-state index in [0.717, 1.165) is 10.6 Å². The molecule has 0 bridgehead atoms. The van der Waals surface area contributed by atoms with E-state index < -0.39 is 22.4 Å². The summed E-state index contributed by atoms with van der Waals surface area (Å²) in [6.07, 6.45) is -1.48. The van der Waals surface area contributed by atoms with Gasteiger partial charge in [-0.2, -0.15) is 4.31 Å². The minimum absolute atomic E-state index is 0.375. The van der Waals surface area contributed by atoms with E-state index in [1.807, 2.05) is 0 Å². The molecule has 6 heteroatoms. The standard InChI is InChI=1S/C7H17NO4S/c1-5(2)8(13(4,11)12)7(10)6(3)9/h5-7,9-10H,1-4H3. The normalized spacial score (nSPS) is 17.8. The monoisotopic (exact) mass is 211 g/mol. The third-order valence-electron chi connectivity index (χ3n) is 1.58. The Morgan fingerprint density at radius 3 is 1.62 bits per heavy atom. The average Bonchev–Trinajstić information content (AvgIpc) is 1.82. The molecule has 2 N–H and O–H groups in total. The molecule has 0 fully saturated rings. The first kappa shape index (κ1) is 12.8. The summed E-state index contributed by atoms with van der Waals surface area (Å²) in [6, 6.07) is -0.375. The Bertz CT molecular complexity index is 247. The highest BCUT2D eigenvalue weighted by molar-refractivity contribution is 7.88. The zero-order valence-corrected chi connectivity index (χ0v) is 9.11. The quantitative estimate of drug-likeness (QED) is 0.606. The molecule has 0 spiro atoms. The van der Waals surface area contributed by atoms with E-state index in [1.54, 1.807) is 13.8 Å². The molecular weight excluding hydrogens is 194 g/mol. The molecule has 0 rings (SSSR count). The zero-order valence-electron chi connectivity index (χ0n) is 8.30. The maximum atomic E-state index is 11.2.